The van der Waals surface area contributed by atoms with Gasteiger partial charge in [-0.15, -0.1) is 0 Å². The van der Waals surface area contributed by atoms with Gasteiger partial charge in [0.15, 0.2) is 0 Å². The largest absolute Gasteiger partial charge is 0.493 e. The maximum Gasteiger partial charge on any atom is 0.228 e. The first kappa shape index (κ1) is 19.0. The van der Waals surface area contributed by atoms with Crippen LogP contribution in [0, 0.1) is 0 Å². The summed E-state index contributed by atoms with van der Waals surface area (Å²) < 4.78 is 7.62. The zero-order chi connectivity index (χ0) is 19.2. The summed E-state index contributed by atoms with van der Waals surface area (Å²) >= 11 is 0. The van der Waals surface area contributed by atoms with Crippen molar-refractivity contribution in [3.05, 3.63) is 42.6 Å². The van der Waals surface area contributed by atoms with E-state index in [1.807, 2.05) is 41.1 Å². The number of hydrogen-bond donors (Lipinski definition) is 1. The molecule has 1 aliphatic heterocycles. The third-order valence-electron chi connectivity index (χ3n) is 5.96. The van der Waals surface area contributed by atoms with Crippen molar-refractivity contribution >= 4 is 11.7 Å². The molecular weight excluding hydrogens is 352 g/mol. The van der Waals surface area contributed by atoms with Crippen molar-refractivity contribution in [1.82, 2.24) is 14.7 Å². The molecule has 2 aliphatic rings. The molecule has 28 heavy (non-hydrogen) atoms. The Balaban J connectivity index is 1.25. The minimum Gasteiger partial charge on any atom is -0.493 e. The van der Waals surface area contributed by atoms with E-state index < -0.39 is 0 Å². The average molecular weight is 383 g/mol. The van der Waals surface area contributed by atoms with Crippen LogP contribution in [0.25, 0.3) is 0 Å². The third-order valence-corrected chi connectivity index (χ3v) is 5.96. The van der Waals surface area contributed by atoms with Crippen molar-refractivity contribution in [2.75, 3.05) is 25.0 Å². The van der Waals surface area contributed by atoms with Crippen LogP contribution >= 0.6 is 0 Å². The number of carbonyl (C=O) groups excluding carboxylic acids is 1. The van der Waals surface area contributed by atoms with Crippen LogP contribution in [0.3, 0.4) is 0 Å². The van der Waals surface area contributed by atoms with E-state index in [-0.39, 0.29) is 5.91 Å². The van der Waals surface area contributed by atoms with Crippen LogP contribution in [0.5, 0.6) is 5.75 Å². The van der Waals surface area contributed by atoms with Crippen molar-refractivity contribution in [3.8, 4) is 5.75 Å². The Labute approximate surface area is 166 Å². The van der Waals surface area contributed by atoms with Gasteiger partial charge in [0.1, 0.15) is 11.6 Å². The molecule has 6 heteroatoms. The molecule has 0 bridgehead atoms. The Morgan fingerprint density at radius 3 is 2.54 bits per heavy atom. The minimum atomic E-state index is -0.0407. The molecule has 1 saturated carbocycles. The van der Waals surface area contributed by atoms with E-state index in [0.29, 0.717) is 19.1 Å². The second-order valence-corrected chi connectivity index (χ2v) is 7.83. The molecule has 1 aliphatic carbocycles. The summed E-state index contributed by atoms with van der Waals surface area (Å²) in [6.45, 7) is 2.63. The monoisotopic (exact) mass is 382 g/mol. The summed E-state index contributed by atoms with van der Waals surface area (Å²) in [7, 11) is 0. The fraction of sp³-hybridized carbons (Fsp3) is 0.545. The van der Waals surface area contributed by atoms with E-state index >= 15 is 0 Å². The SMILES string of the molecule is O=C(CCOc1ccccc1)Nc1ccnn1C1CCN(C2CCCC2)CC1. The summed E-state index contributed by atoms with van der Waals surface area (Å²) in [5.74, 6) is 1.54. The molecule has 1 N–H and O–H groups in total. The lowest BCUT2D eigenvalue weighted by atomic mass is 10.0. The van der Waals surface area contributed by atoms with Crippen LogP contribution in [0.1, 0.15) is 51.0 Å². The summed E-state index contributed by atoms with van der Waals surface area (Å²) in [5.41, 5.74) is 0. The zero-order valence-corrected chi connectivity index (χ0v) is 16.4. The fourth-order valence-corrected chi connectivity index (χ4v) is 4.45. The van der Waals surface area contributed by atoms with Crippen LogP contribution in [0.2, 0.25) is 0 Å². The molecule has 1 aromatic carbocycles. The lowest BCUT2D eigenvalue weighted by Crippen LogP contribution is -2.40. The molecule has 4 rings (SSSR count). The van der Waals surface area contributed by atoms with Crippen molar-refractivity contribution in [2.24, 2.45) is 0 Å². The highest BCUT2D eigenvalue weighted by Gasteiger charge is 2.28. The normalized spacial score (nSPS) is 19.0. The van der Waals surface area contributed by atoms with Gasteiger partial charge in [-0.1, -0.05) is 31.0 Å². The van der Waals surface area contributed by atoms with Gasteiger partial charge in [0, 0.05) is 25.2 Å². The number of para-hydroxylation sites is 1. The predicted octanol–water partition coefficient (Wildman–Crippen LogP) is 3.87. The van der Waals surface area contributed by atoms with Gasteiger partial charge < -0.3 is 15.0 Å². The minimum absolute atomic E-state index is 0.0407. The highest BCUT2D eigenvalue weighted by Crippen LogP contribution is 2.30. The number of rotatable bonds is 7. The molecule has 2 heterocycles. The van der Waals surface area contributed by atoms with E-state index in [9.17, 15) is 4.79 Å². The second kappa shape index (κ2) is 9.24. The number of nitrogens with one attached hydrogen (secondary N) is 1. The lowest BCUT2D eigenvalue weighted by molar-refractivity contribution is -0.116. The number of ether oxygens (including phenoxy) is 1. The maximum atomic E-state index is 12.3. The molecule has 1 saturated heterocycles. The number of anilines is 1. The van der Waals surface area contributed by atoms with Gasteiger partial charge in [-0.05, 0) is 37.8 Å². The van der Waals surface area contributed by atoms with Gasteiger partial charge in [-0.3, -0.25) is 4.79 Å². The van der Waals surface area contributed by atoms with Crippen molar-refractivity contribution in [3.63, 3.8) is 0 Å². The van der Waals surface area contributed by atoms with Crippen LogP contribution in [0.15, 0.2) is 42.6 Å². The zero-order valence-electron chi connectivity index (χ0n) is 16.4. The van der Waals surface area contributed by atoms with Crippen molar-refractivity contribution in [1.29, 1.82) is 0 Å². The first-order chi connectivity index (χ1) is 13.8. The summed E-state index contributed by atoms with van der Waals surface area (Å²) in [5, 5.41) is 7.50. The quantitative estimate of drug-likeness (QED) is 0.790. The molecule has 0 atom stereocenters. The first-order valence-electron chi connectivity index (χ1n) is 10.5. The Kier molecular flexibility index (Phi) is 6.27. The maximum absolute atomic E-state index is 12.3. The van der Waals surface area contributed by atoms with Crippen molar-refractivity contribution < 1.29 is 9.53 Å². The van der Waals surface area contributed by atoms with Crippen LogP contribution in [-0.2, 0) is 4.79 Å². The van der Waals surface area contributed by atoms with Gasteiger partial charge in [-0.25, -0.2) is 4.68 Å². The Bertz CT molecular complexity index is 747. The van der Waals surface area contributed by atoms with Crippen LogP contribution < -0.4 is 10.1 Å². The molecule has 1 aromatic heterocycles. The average Bonchev–Trinajstić information content (AvgIpc) is 3.41. The molecule has 2 aromatic rings. The number of carbonyl (C=O) groups is 1. The number of amides is 1. The molecule has 0 unspecified atom stereocenters. The highest BCUT2D eigenvalue weighted by atomic mass is 16.5. The van der Waals surface area contributed by atoms with Gasteiger partial charge in [0.25, 0.3) is 0 Å². The molecular formula is C22H30N4O2. The van der Waals surface area contributed by atoms with E-state index in [0.717, 1.165) is 43.5 Å². The molecule has 2 fully saturated rings. The van der Waals surface area contributed by atoms with E-state index in [1.54, 1.807) is 6.20 Å². The van der Waals surface area contributed by atoms with Gasteiger partial charge in [0.2, 0.25) is 5.91 Å². The topological polar surface area (TPSA) is 59.4 Å². The van der Waals surface area contributed by atoms with Gasteiger partial charge >= 0.3 is 0 Å². The number of aromatic nitrogens is 2. The first-order valence-corrected chi connectivity index (χ1v) is 10.5. The summed E-state index contributed by atoms with van der Waals surface area (Å²) in [4.78, 5) is 15.0. The number of benzene rings is 1. The van der Waals surface area contributed by atoms with E-state index in [2.05, 4.69) is 15.3 Å². The van der Waals surface area contributed by atoms with Crippen LogP contribution in [-0.4, -0.2) is 46.3 Å². The standard InChI is InChI=1S/C22H30N4O2/c27-22(13-17-28-20-8-2-1-3-9-20)24-21-10-14-23-26(21)19-11-15-25(16-12-19)18-6-4-5-7-18/h1-3,8-10,14,18-19H,4-7,11-13,15-17H2,(H,24,27). The fourth-order valence-electron chi connectivity index (χ4n) is 4.45. The van der Waals surface area contributed by atoms with Gasteiger partial charge in [0.05, 0.1) is 25.3 Å². The molecule has 1 amide bonds. The van der Waals surface area contributed by atoms with Crippen LogP contribution in [0.4, 0.5) is 5.82 Å². The van der Waals surface area contributed by atoms with E-state index in [1.165, 1.54) is 25.7 Å². The highest BCUT2D eigenvalue weighted by molar-refractivity contribution is 5.89. The summed E-state index contributed by atoms with van der Waals surface area (Å²) in [6, 6.07) is 12.6. The number of piperidine rings is 1. The molecule has 6 nitrogen and oxygen atoms in total. The number of nitrogens with zero attached hydrogens (tertiary/aromatic N) is 3. The summed E-state index contributed by atoms with van der Waals surface area (Å²) in [6.07, 6.45) is 9.77. The Morgan fingerprint density at radius 1 is 1.04 bits per heavy atom. The number of hydrogen-bond acceptors (Lipinski definition) is 4. The lowest BCUT2D eigenvalue weighted by Gasteiger charge is -2.36. The Hall–Kier alpha value is -2.34. The smallest absolute Gasteiger partial charge is 0.228 e. The molecule has 150 valence electrons. The molecule has 0 spiro atoms. The van der Waals surface area contributed by atoms with E-state index in [4.69, 9.17) is 4.74 Å². The van der Waals surface area contributed by atoms with Crippen molar-refractivity contribution in [2.45, 2.75) is 57.0 Å². The molecule has 0 radical (unpaired) electrons. The third kappa shape index (κ3) is 4.73. The van der Waals surface area contributed by atoms with Gasteiger partial charge in [-0.2, -0.15) is 5.10 Å². The number of likely N-dealkylation sites (tertiary alicyclic amines) is 1. The Morgan fingerprint density at radius 2 is 1.79 bits per heavy atom. The second-order valence-electron chi connectivity index (χ2n) is 7.83. The predicted molar refractivity (Wildman–Crippen MR) is 110 cm³/mol.